The molecule has 0 bridgehead atoms. The number of furan rings is 1. The third-order valence-corrected chi connectivity index (χ3v) is 4.85. The maximum absolute atomic E-state index is 13.3. The summed E-state index contributed by atoms with van der Waals surface area (Å²) in [4.78, 5) is 26.0. The van der Waals surface area contributed by atoms with Crippen molar-refractivity contribution in [1.82, 2.24) is 4.57 Å². The van der Waals surface area contributed by atoms with Crippen molar-refractivity contribution in [2.24, 2.45) is 0 Å². The summed E-state index contributed by atoms with van der Waals surface area (Å²) in [5, 5.41) is 4.03. The fourth-order valence-electron chi connectivity index (χ4n) is 3.32. The van der Waals surface area contributed by atoms with Gasteiger partial charge in [-0.15, -0.1) is 0 Å². The highest BCUT2D eigenvalue weighted by atomic mass is 35.5. The second-order valence-electron chi connectivity index (χ2n) is 6.25. The molecule has 1 amide bonds. The SMILES string of the molecule is CCn1c(NC(=O)c2ccco2)c(-c2ccc(Cl)cc2)c(=O)c2ccccc21. The number of aromatic nitrogens is 1. The van der Waals surface area contributed by atoms with E-state index in [1.54, 1.807) is 42.5 Å². The molecule has 0 radical (unpaired) electrons. The highest BCUT2D eigenvalue weighted by molar-refractivity contribution is 6.30. The van der Waals surface area contributed by atoms with E-state index in [0.717, 1.165) is 5.52 Å². The molecule has 0 atom stereocenters. The molecule has 0 aliphatic heterocycles. The quantitative estimate of drug-likeness (QED) is 0.520. The average molecular weight is 393 g/mol. The number of para-hydroxylation sites is 1. The Labute approximate surface area is 166 Å². The molecular formula is C22H17ClN2O3. The zero-order chi connectivity index (χ0) is 19.7. The second-order valence-corrected chi connectivity index (χ2v) is 6.69. The number of hydrogen-bond donors (Lipinski definition) is 1. The van der Waals surface area contributed by atoms with Crippen LogP contribution in [0.5, 0.6) is 0 Å². The van der Waals surface area contributed by atoms with Crippen LogP contribution >= 0.6 is 11.6 Å². The van der Waals surface area contributed by atoms with E-state index in [1.807, 2.05) is 29.7 Å². The number of fused-ring (bicyclic) bond motifs is 1. The molecule has 0 aliphatic rings. The largest absolute Gasteiger partial charge is 0.459 e. The predicted molar refractivity (Wildman–Crippen MR) is 111 cm³/mol. The molecule has 0 saturated carbocycles. The molecule has 2 aromatic carbocycles. The summed E-state index contributed by atoms with van der Waals surface area (Å²) in [5.74, 6) is 0.178. The summed E-state index contributed by atoms with van der Waals surface area (Å²) >= 11 is 6.02. The maximum atomic E-state index is 13.3. The van der Waals surface area contributed by atoms with Gasteiger partial charge in [-0.25, -0.2) is 0 Å². The molecule has 0 saturated heterocycles. The van der Waals surface area contributed by atoms with E-state index in [-0.39, 0.29) is 11.2 Å². The number of nitrogens with one attached hydrogen (secondary N) is 1. The van der Waals surface area contributed by atoms with Gasteiger partial charge in [0.1, 0.15) is 5.82 Å². The van der Waals surface area contributed by atoms with E-state index in [4.69, 9.17) is 16.0 Å². The van der Waals surface area contributed by atoms with Crippen molar-refractivity contribution < 1.29 is 9.21 Å². The van der Waals surface area contributed by atoms with Crippen LogP contribution in [0.2, 0.25) is 5.02 Å². The zero-order valence-corrected chi connectivity index (χ0v) is 15.9. The van der Waals surface area contributed by atoms with Crippen molar-refractivity contribution in [3.63, 3.8) is 0 Å². The molecule has 28 heavy (non-hydrogen) atoms. The fraction of sp³-hybridized carbons (Fsp3) is 0.0909. The van der Waals surface area contributed by atoms with Crippen LogP contribution in [0, 0.1) is 0 Å². The lowest BCUT2D eigenvalue weighted by Gasteiger charge is -2.20. The van der Waals surface area contributed by atoms with Crippen LogP contribution in [0.15, 0.2) is 76.1 Å². The van der Waals surface area contributed by atoms with Gasteiger partial charge in [0.2, 0.25) is 0 Å². The summed E-state index contributed by atoms with van der Waals surface area (Å²) in [7, 11) is 0. The smallest absolute Gasteiger partial charge is 0.292 e. The first-order valence-electron chi connectivity index (χ1n) is 8.86. The van der Waals surface area contributed by atoms with Crippen molar-refractivity contribution >= 4 is 34.2 Å². The standard InChI is InChI=1S/C22H17ClN2O3/c1-2-25-17-7-4-3-6-16(17)20(26)19(14-9-11-15(23)12-10-14)21(25)24-22(27)18-8-5-13-28-18/h3-13H,2H2,1H3,(H,24,27). The molecule has 4 rings (SSSR count). The van der Waals surface area contributed by atoms with Crippen LogP contribution in [-0.2, 0) is 6.54 Å². The number of carbonyl (C=O) groups is 1. The number of benzene rings is 2. The summed E-state index contributed by atoms with van der Waals surface area (Å²) in [6.45, 7) is 2.53. The van der Waals surface area contributed by atoms with Gasteiger partial charge in [0, 0.05) is 17.0 Å². The van der Waals surface area contributed by atoms with Gasteiger partial charge >= 0.3 is 0 Å². The number of nitrogens with zero attached hydrogens (tertiary/aromatic N) is 1. The molecule has 4 aromatic rings. The Kier molecular flexibility index (Phi) is 4.75. The van der Waals surface area contributed by atoms with Gasteiger partial charge in [-0.05, 0) is 48.9 Å². The molecule has 1 N–H and O–H groups in total. The normalized spacial score (nSPS) is 10.9. The minimum Gasteiger partial charge on any atom is -0.459 e. The topological polar surface area (TPSA) is 64.2 Å². The van der Waals surface area contributed by atoms with Crippen LogP contribution in [0.1, 0.15) is 17.5 Å². The Morgan fingerprint density at radius 2 is 1.82 bits per heavy atom. The number of amides is 1. The Morgan fingerprint density at radius 1 is 1.07 bits per heavy atom. The summed E-state index contributed by atoms with van der Waals surface area (Å²) in [5.41, 5.74) is 1.69. The molecule has 0 fully saturated rings. The molecule has 2 heterocycles. The Bertz CT molecular complexity index is 1210. The van der Waals surface area contributed by atoms with Crippen LogP contribution in [0.4, 0.5) is 5.82 Å². The highest BCUT2D eigenvalue weighted by Crippen LogP contribution is 2.30. The first kappa shape index (κ1) is 18.1. The van der Waals surface area contributed by atoms with Gasteiger partial charge in [0.15, 0.2) is 11.2 Å². The molecule has 0 aliphatic carbocycles. The predicted octanol–water partition coefficient (Wildman–Crippen LogP) is 5.19. The number of aryl methyl sites for hydroxylation is 1. The number of halogens is 1. The first-order valence-corrected chi connectivity index (χ1v) is 9.24. The summed E-state index contributed by atoms with van der Waals surface area (Å²) < 4.78 is 7.12. The van der Waals surface area contributed by atoms with Crippen molar-refractivity contribution in [2.45, 2.75) is 13.5 Å². The van der Waals surface area contributed by atoms with Crippen molar-refractivity contribution in [1.29, 1.82) is 0 Å². The summed E-state index contributed by atoms with van der Waals surface area (Å²) in [6.07, 6.45) is 1.43. The molecule has 0 spiro atoms. The second kappa shape index (κ2) is 7.37. The van der Waals surface area contributed by atoms with Gasteiger partial charge in [-0.1, -0.05) is 35.9 Å². The van der Waals surface area contributed by atoms with Crippen molar-refractivity contribution in [2.75, 3.05) is 5.32 Å². The number of hydrogen-bond acceptors (Lipinski definition) is 3. The lowest BCUT2D eigenvalue weighted by Crippen LogP contribution is -2.22. The minimum atomic E-state index is -0.419. The molecule has 140 valence electrons. The van der Waals surface area contributed by atoms with E-state index < -0.39 is 5.91 Å². The molecule has 0 unspecified atom stereocenters. The molecular weight excluding hydrogens is 376 g/mol. The Hall–Kier alpha value is -3.31. The zero-order valence-electron chi connectivity index (χ0n) is 15.1. The van der Waals surface area contributed by atoms with Crippen LogP contribution in [0.25, 0.3) is 22.0 Å². The van der Waals surface area contributed by atoms with Crippen molar-refractivity contribution in [3.05, 3.63) is 87.9 Å². The van der Waals surface area contributed by atoms with Crippen LogP contribution in [0.3, 0.4) is 0 Å². The Morgan fingerprint density at radius 3 is 2.50 bits per heavy atom. The monoisotopic (exact) mass is 392 g/mol. The van der Waals surface area contributed by atoms with Crippen LogP contribution < -0.4 is 10.7 Å². The lowest BCUT2D eigenvalue weighted by atomic mass is 10.0. The van der Waals surface area contributed by atoms with Crippen molar-refractivity contribution in [3.8, 4) is 11.1 Å². The molecule has 6 heteroatoms. The molecule has 2 aromatic heterocycles. The highest BCUT2D eigenvalue weighted by Gasteiger charge is 2.21. The van der Waals surface area contributed by atoms with Gasteiger partial charge in [-0.2, -0.15) is 0 Å². The van der Waals surface area contributed by atoms with Crippen LogP contribution in [-0.4, -0.2) is 10.5 Å². The Balaban J connectivity index is 2.01. The van der Waals surface area contributed by atoms with Gasteiger partial charge in [0.05, 0.1) is 17.3 Å². The van der Waals surface area contributed by atoms with E-state index in [9.17, 15) is 9.59 Å². The third-order valence-electron chi connectivity index (χ3n) is 4.60. The van der Waals surface area contributed by atoms with Gasteiger partial charge < -0.3 is 14.3 Å². The number of rotatable bonds is 4. The number of anilines is 1. The summed E-state index contributed by atoms with van der Waals surface area (Å²) in [6, 6.07) is 17.6. The molecule has 5 nitrogen and oxygen atoms in total. The maximum Gasteiger partial charge on any atom is 0.292 e. The van der Waals surface area contributed by atoms with Gasteiger partial charge in [0.25, 0.3) is 5.91 Å². The van der Waals surface area contributed by atoms with E-state index in [1.165, 1.54) is 6.26 Å². The van der Waals surface area contributed by atoms with E-state index in [2.05, 4.69) is 5.32 Å². The number of carbonyl (C=O) groups excluding carboxylic acids is 1. The lowest BCUT2D eigenvalue weighted by molar-refractivity contribution is 0.0996. The third kappa shape index (κ3) is 3.10. The van der Waals surface area contributed by atoms with Gasteiger partial charge in [-0.3, -0.25) is 9.59 Å². The van der Waals surface area contributed by atoms with E-state index in [0.29, 0.717) is 33.9 Å². The average Bonchev–Trinajstić information content (AvgIpc) is 3.25. The number of pyridine rings is 1. The van der Waals surface area contributed by atoms with E-state index >= 15 is 0 Å². The fourth-order valence-corrected chi connectivity index (χ4v) is 3.44. The minimum absolute atomic E-state index is 0.155. The first-order chi connectivity index (χ1) is 13.6.